The molecule has 4 rings (SSSR count). The molecule has 0 spiro atoms. The van der Waals surface area contributed by atoms with Crippen molar-refractivity contribution in [3.63, 3.8) is 0 Å². The summed E-state index contributed by atoms with van der Waals surface area (Å²) < 4.78 is 0. The van der Waals surface area contributed by atoms with Gasteiger partial charge in [-0.3, -0.25) is 4.79 Å². The molecule has 2 nitrogen and oxygen atoms in total. The Labute approximate surface area is 140 Å². The van der Waals surface area contributed by atoms with Crippen molar-refractivity contribution < 1.29 is 9.90 Å². The molecule has 6 atom stereocenters. The fraction of sp³-hybridized carbons (Fsp3) is 0.762. The van der Waals surface area contributed by atoms with Crippen LogP contribution in [0.1, 0.15) is 65.7 Å². The molecular formula is C21H30O2. The maximum atomic E-state index is 12.1. The number of hydrogen-bond donors (Lipinski definition) is 1. The normalized spacial score (nSPS) is 48.7. The van der Waals surface area contributed by atoms with Gasteiger partial charge in [-0.25, -0.2) is 0 Å². The highest BCUT2D eigenvalue weighted by Gasteiger charge is 2.57. The Kier molecular flexibility index (Phi) is 3.43. The van der Waals surface area contributed by atoms with E-state index in [1.807, 2.05) is 0 Å². The zero-order valence-electron chi connectivity index (χ0n) is 14.8. The van der Waals surface area contributed by atoms with Crippen LogP contribution in [0.4, 0.5) is 0 Å². The molecule has 0 radical (unpaired) electrons. The predicted octanol–water partition coefficient (Wildman–Crippen LogP) is 4.44. The zero-order valence-corrected chi connectivity index (χ0v) is 14.8. The van der Waals surface area contributed by atoms with Gasteiger partial charge in [-0.1, -0.05) is 31.6 Å². The van der Waals surface area contributed by atoms with Crippen LogP contribution >= 0.6 is 0 Å². The predicted molar refractivity (Wildman–Crippen MR) is 91.9 cm³/mol. The van der Waals surface area contributed by atoms with Crippen molar-refractivity contribution in [3.05, 3.63) is 23.3 Å². The van der Waals surface area contributed by atoms with Gasteiger partial charge in [0.15, 0.2) is 5.78 Å². The monoisotopic (exact) mass is 314 g/mol. The maximum absolute atomic E-state index is 12.1. The van der Waals surface area contributed by atoms with Crippen LogP contribution in [0, 0.1) is 28.6 Å². The maximum Gasteiger partial charge on any atom is 0.156 e. The lowest BCUT2D eigenvalue weighted by atomic mass is 9.47. The van der Waals surface area contributed by atoms with E-state index < -0.39 is 0 Å². The van der Waals surface area contributed by atoms with Gasteiger partial charge in [0.2, 0.25) is 0 Å². The van der Waals surface area contributed by atoms with Crippen LogP contribution in [0.15, 0.2) is 23.3 Å². The molecule has 0 aromatic heterocycles. The minimum Gasteiger partial charge on any atom is -0.393 e. The van der Waals surface area contributed by atoms with Crippen molar-refractivity contribution in [2.75, 3.05) is 0 Å². The van der Waals surface area contributed by atoms with Gasteiger partial charge in [0, 0.05) is 0 Å². The van der Waals surface area contributed by atoms with Crippen LogP contribution in [0.3, 0.4) is 0 Å². The number of hydrogen-bond acceptors (Lipinski definition) is 2. The quantitative estimate of drug-likeness (QED) is 0.727. The highest BCUT2D eigenvalue weighted by molar-refractivity contribution is 5.95. The van der Waals surface area contributed by atoms with Crippen LogP contribution in [-0.2, 0) is 4.79 Å². The van der Waals surface area contributed by atoms with E-state index >= 15 is 0 Å². The molecule has 23 heavy (non-hydrogen) atoms. The van der Waals surface area contributed by atoms with E-state index in [1.165, 1.54) is 12.0 Å². The smallest absolute Gasteiger partial charge is 0.156 e. The summed E-state index contributed by atoms with van der Waals surface area (Å²) in [6, 6.07) is 0. The molecule has 0 heterocycles. The third kappa shape index (κ3) is 2.06. The molecule has 126 valence electrons. The standard InChI is InChI=1S/C21H30O2/c1-13(22)17-6-7-18-16-5-4-14-12-15(23)8-10-20(14,2)19(16)9-11-21(17,18)3/h4,6,15-16,18-19,23H,5,7-12H2,1-3H3/t15-,16+,18+,19-,20+,21-/m1/s1. The number of carbonyl (C=O) groups is 1. The van der Waals surface area contributed by atoms with Crippen molar-refractivity contribution in [2.45, 2.75) is 71.8 Å². The molecular weight excluding hydrogens is 284 g/mol. The Morgan fingerprint density at radius 3 is 2.57 bits per heavy atom. The molecule has 4 aliphatic rings. The van der Waals surface area contributed by atoms with Gasteiger partial charge in [-0.2, -0.15) is 0 Å². The molecule has 0 unspecified atom stereocenters. The second-order valence-corrected chi connectivity index (χ2v) is 9.02. The molecule has 0 amide bonds. The molecule has 4 aliphatic carbocycles. The second kappa shape index (κ2) is 5.05. The number of aliphatic hydroxyl groups is 1. The number of fused-ring (bicyclic) bond motifs is 5. The third-order valence-corrected chi connectivity index (χ3v) is 8.04. The largest absolute Gasteiger partial charge is 0.393 e. The van der Waals surface area contributed by atoms with Crippen molar-refractivity contribution in [3.8, 4) is 0 Å². The third-order valence-electron chi connectivity index (χ3n) is 8.04. The van der Waals surface area contributed by atoms with Gasteiger partial charge >= 0.3 is 0 Å². The zero-order chi connectivity index (χ0) is 16.4. The Morgan fingerprint density at radius 1 is 1.09 bits per heavy atom. The summed E-state index contributed by atoms with van der Waals surface area (Å²) >= 11 is 0. The SMILES string of the molecule is CC(=O)C1=CC[C@H]2[C@@H]3CC=C4C[C@H](O)CC[C@]4(C)[C@@H]3CC[C@]12C. The number of allylic oxidation sites excluding steroid dienone is 3. The summed E-state index contributed by atoms with van der Waals surface area (Å²) in [5.41, 5.74) is 3.05. The summed E-state index contributed by atoms with van der Waals surface area (Å²) in [5, 5.41) is 10.1. The number of rotatable bonds is 1. The minimum atomic E-state index is -0.128. The minimum absolute atomic E-state index is 0.114. The lowest BCUT2D eigenvalue weighted by Gasteiger charge is -2.57. The second-order valence-electron chi connectivity index (χ2n) is 9.02. The van der Waals surface area contributed by atoms with Crippen molar-refractivity contribution in [2.24, 2.45) is 28.6 Å². The van der Waals surface area contributed by atoms with Gasteiger partial charge in [0.25, 0.3) is 0 Å². The number of Topliss-reactive ketones (excluding diaryl/α,β-unsaturated/α-hetero) is 1. The van der Waals surface area contributed by atoms with E-state index in [4.69, 9.17) is 0 Å². The molecule has 2 fully saturated rings. The van der Waals surface area contributed by atoms with E-state index in [-0.39, 0.29) is 17.3 Å². The first-order chi connectivity index (χ1) is 10.9. The van der Waals surface area contributed by atoms with Crippen LogP contribution in [0.25, 0.3) is 0 Å². The molecule has 0 aliphatic heterocycles. The molecule has 0 saturated heterocycles. The first kappa shape index (κ1) is 15.6. The van der Waals surface area contributed by atoms with E-state index in [9.17, 15) is 9.90 Å². The van der Waals surface area contributed by atoms with Crippen molar-refractivity contribution in [1.29, 1.82) is 0 Å². The van der Waals surface area contributed by atoms with Crippen molar-refractivity contribution >= 4 is 5.78 Å². The van der Waals surface area contributed by atoms with E-state index in [2.05, 4.69) is 26.0 Å². The Morgan fingerprint density at radius 2 is 1.83 bits per heavy atom. The van der Waals surface area contributed by atoms with Gasteiger partial charge in [0.05, 0.1) is 6.10 Å². The summed E-state index contributed by atoms with van der Waals surface area (Å²) in [6.07, 6.45) is 12.2. The van der Waals surface area contributed by atoms with Gasteiger partial charge < -0.3 is 5.11 Å². The van der Waals surface area contributed by atoms with Crippen LogP contribution in [0.2, 0.25) is 0 Å². The lowest BCUT2D eigenvalue weighted by Crippen LogP contribution is -2.50. The highest BCUT2D eigenvalue weighted by atomic mass is 16.3. The average Bonchev–Trinajstić information content (AvgIpc) is 2.85. The molecule has 2 saturated carbocycles. The van der Waals surface area contributed by atoms with Crippen LogP contribution in [-0.4, -0.2) is 17.0 Å². The first-order valence-corrected chi connectivity index (χ1v) is 9.45. The molecule has 0 aromatic rings. The summed E-state index contributed by atoms with van der Waals surface area (Å²) in [7, 11) is 0. The fourth-order valence-corrected chi connectivity index (χ4v) is 6.75. The summed E-state index contributed by atoms with van der Waals surface area (Å²) in [5.74, 6) is 2.38. The van der Waals surface area contributed by atoms with E-state index in [1.54, 1.807) is 6.92 Å². The molecule has 2 heteroatoms. The molecule has 0 bridgehead atoms. The molecule has 1 N–H and O–H groups in total. The van der Waals surface area contributed by atoms with Crippen LogP contribution in [0.5, 0.6) is 0 Å². The topological polar surface area (TPSA) is 37.3 Å². The first-order valence-electron chi connectivity index (χ1n) is 9.45. The highest BCUT2D eigenvalue weighted by Crippen LogP contribution is 2.64. The fourth-order valence-electron chi connectivity index (χ4n) is 6.75. The number of ketones is 1. The summed E-state index contributed by atoms with van der Waals surface area (Å²) in [4.78, 5) is 12.1. The van der Waals surface area contributed by atoms with Crippen LogP contribution < -0.4 is 0 Å². The van der Waals surface area contributed by atoms with Gasteiger partial charge in [-0.15, -0.1) is 0 Å². The lowest BCUT2D eigenvalue weighted by molar-refractivity contribution is -0.115. The van der Waals surface area contributed by atoms with Gasteiger partial charge in [-0.05, 0) is 86.0 Å². The Hall–Kier alpha value is -0.890. The average molecular weight is 314 g/mol. The number of aliphatic hydroxyl groups excluding tert-OH is 1. The Balaban J connectivity index is 1.67. The Bertz CT molecular complexity index is 601. The van der Waals surface area contributed by atoms with Crippen molar-refractivity contribution in [1.82, 2.24) is 0 Å². The molecule has 0 aromatic carbocycles. The van der Waals surface area contributed by atoms with Gasteiger partial charge in [0.1, 0.15) is 0 Å². The number of carbonyl (C=O) groups excluding carboxylic acids is 1. The van der Waals surface area contributed by atoms with E-state index in [0.717, 1.165) is 50.0 Å². The van der Waals surface area contributed by atoms with E-state index in [0.29, 0.717) is 17.3 Å². The summed E-state index contributed by atoms with van der Waals surface area (Å²) in [6.45, 7) is 6.55.